The van der Waals surface area contributed by atoms with E-state index in [9.17, 15) is 14.0 Å². The molecule has 0 aliphatic heterocycles. The third kappa shape index (κ3) is 4.72. The molecule has 0 atom stereocenters. The first kappa shape index (κ1) is 19.5. The zero-order valence-corrected chi connectivity index (χ0v) is 15.8. The van der Waals surface area contributed by atoms with Crippen LogP contribution < -0.4 is 10.6 Å². The molecule has 7 heteroatoms. The van der Waals surface area contributed by atoms with E-state index in [1.807, 2.05) is 6.92 Å². The summed E-state index contributed by atoms with van der Waals surface area (Å²) in [7, 11) is 0. The molecular weight excluding hydrogens is 381 g/mol. The van der Waals surface area contributed by atoms with Crippen LogP contribution >= 0.6 is 11.6 Å². The average molecular weight is 398 g/mol. The Bertz CT molecular complexity index is 1040. The van der Waals surface area contributed by atoms with Crippen molar-refractivity contribution in [2.75, 3.05) is 5.32 Å². The molecule has 142 valence electrons. The molecule has 0 saturated heterocycles. The van der Waals surface area contributed by atoms with Crippen LogP contribution in [0.3, 0.4) is 0 Å². The fourth-order valence-electron chi connectivity index (χ4n) is 2.57. The Labute approximate surface area is 166 Å². The van der Waals surface area contributed by atoms with E-state index in [1.54, 1.807) is 36.4 Å². The largest absolute Gasteiger partial charge is 0.347 e. The first-order valence-electron chi connectivity index (χ1n) is 8.49. The Morgan fingerprint density at radius 2 is 1.86 bits per heavy atom. The molecule has 3 aromatic rings. The van der Waals surface area contributed by atoms with Gasteiger partial charge >= 0.3 is 0 Å². The maximum absolute atomic E-state index is 13.6. The number of hydrogen-bond donors (Lipinski definition) is 2. The van der Waals surface area contributed by atoms with Crippen molar-refractivity contribution in [2.24, 2.45) is 0 Å². The van der Waals surface area contributed by atoms with Crippen molar-refractivity contribution in [3.63, 3.8) is 0 Å². The standard InChI is InChI=1S/C21H17ClFN3O2/c1-13-10-16(22)6-7-18(13)26-20(27)14-8-9-24-19(11-14)21(28)25-12-15-4-2-3-5-17(15)23/h2-11H,12H2,1H3,(H,25,28)(H,26,27). The van der Waals surface area contributed by atoms with Crippen molar-refractivity contribution in [1.82, 2.24) is 10.3 Å². The van der Waals surface area contributed by atoms with E-state index in [-0.39, 0.29) is 23.7 Å². The lowest BCUT2D eigenvalue weighted by atomic mass is 10.1. The molecule has 28 heavy (non-hydrogen) atoms. The smallest absolute Gasteiger partial charge is 0.270 e. The van der Waals surface area contributed by atoms with Gasteiger partial charge in [0.25, 0.3) is 11.8 Å². The van der Waals surface area contributed by atoms with E-state index >= 15 is 0 Å². The second-order valence-corrected chi connectivity index (χ2v) is 6.55. The van der Waals surface area contributed by atoms with E-state index in [1.165, 1.54) is 24.4 Å². The molecule has 2 N–H and O–H groups in total. The highest BCUT2D eigenvalue weighted by Gasteiger charge is 2.13. The highest BCUT2D eigenvalue weighted by Crippen LogP contribution is 2.20. The van der Waals surface area contributed by atoms with Crippen molar-refractivity contribution in [2.45, 2.75) is 13.5 Å². The van der Waals surface area contributed by atoms with Crippen LogP contribution in [0.25, 0.3) is 0 Å². The van der Waals surface area contributed by atoms with Crippen LogP contribution in [-0.2, 0) is 6.54 Å². The van der Waals surface area contributed by atoms with Gasteiger partial charge in [0.1, 0.15) is 11.5 Å². The van der Waals surface area contributed by atoms with Crippen LogP contribution in [0.15, 0.2) is 60.8 Å². The summed E-state index contributed by atoms with van der Waals surface area (Å²) in [4.78, 5) is 28.8. The molecular formula is C21H17ClFN3O2. The molecule has 0 spiro atoms. The SMILES string of the molecule is Cc1cc(Cl)ccc1NC(=O)c1ccnc(C(=O)NCc2ccccc2F)c1. The highest BCUT2D eigenvalue weighted by molar-refractivity contribution is 6.30. The minimum atomic E-state index is -0.499. The van der Waals surface area contributed by atoms with Crippen molar-refractivity contribution >= 4 is 29.1 Å². The predicted molar refractivity (Wildman–Crippen MR) is 106 cm³/mol. The van der Waals surface area contributed by atoms with E-state index < -0.39 is 11.7 Å². The first-order valence-corrected chi connectivity index (χ1v) is 8.87. The average Bonchev–Trinajstić information content (AvgIpc) is 2.69. The lowest BCUT2D eigenvalue weighted by molar-refractivity contribution is 0.0945. The molecule has 2 amide bonds. The topological polar surface area (TPSA) is 71.1 Å². The number of anilines is 1. The zero-order valence-electron chi connectivity index (χ0n) is 15.0. The first-order chi connectivity index (χ1) is 13.4. The summed E-state index contributed by atoms with van der Waals surface area (Å²) in [5, 5.41) is 5.96. The van der Waals surface area contributed by atoms with Crippen LogP contribution in [0.4, 0.5) is 10.1 Å². The fourth-order valence-corrected chi connectivity index (χ4v) is 2.79. The summed E-state index contributed by atoms with van der Waals surface area (Å²) >= 11 is 5.92. The summed E-state index contributed by atoms with van der Waals surface area (Å²) in [6.07, 6.45) is 1.38. The lowest BCUT2D eigenvalue weighted by Crippen LogP contribution is -2.25. The van der Waals surface area contributed by atoms with E-state index in [2.05, 4.69) is 15.6 Å². The Morgan fingerprint density at radius 1 is 1.07 bits per heavy atom. The Morgan fingerprint density at radius 3 is 2.61 bits per heavy atom. The van der Waals surface area contributed by atoms with Gasteiger partial charge < -0.3 is 10.6 Å². The minimum Gasteiger partial charge on any atom is -0.347 e. The van der Waals surface area contributed by atoms with Crippen molar-refractivity contribution < 1.29 is 14.0 Å². The van der Waals surface area contributed by atoms with Gasteiger partial charge in [-0.1, -0.05) is 29.8 Å². The summed E-state index contributed by atoms with van der Waals surface area (Å²) in [5.74, 6) is -1.28. The number of aryl methyl sites for hydroxylation is 1. The van der Waals surface area contributed by atoms with Crippen LogP contribution in [0.1, 0.15) is 32.0 Å². The number of hydrogen-bond acceptors (Lipinski definition) is 3. The van der Waals surface area contributed by atoms with Gasteiger partial charge in [-0.15, -0.1) is 0 Å². The molecule has 0 unspecified atom stereocenters. The molecule has 0 aliphatic carbocycles. The number of carbonyl (C=O) groups excluding carboxylic acids is 2. The molecule has 0 aliphatic rings. The number of rotatable bonds is 5. The molecule has 0 bridgehead atoms. The maximum Gasteiger partial charge on any atom is 0.270 e. The fraction of sp³-hybridized carbons (Fsp3) is 0.0952. The summed E-state index contributed by atoms with van der Waals surface area (Å²) in [5.41, 5.74) is 2.15. The van der Waals surface area contributed by atoms with Gasteiger partial charge in [0, 0.05) is 34.6 Å². The van der Waals surface area contributed by atoms with Crippen LogP contribution in [0, 0.1) is 12.7 Å². The summed E-state index contributed by atoms with van der Waals surface area (Å²) in [6, 6.07) is 14.2. The quantitative estimate of drug-likeness (QED) is 0.671. The molecule has 0 saturated carbocycles. The number of pyridine rings is 1. The number of nitrogens with zero attached hydrogens (tertiary/aromatic N) is 1. The van der Waals surface area contributed by atoms with Gasteiger partial charge in [0.05, 0.1) is 0 Å². The Balaban J connectivity index is 1.69. The normalized spacial score (nSPS) is 10.4. The number of carbonyl (C=O) groups is 2. The van der Waals surface area contributed by atoms with Crippen LogP contribution in [0.5, 0.6) is 0 Å². The maximum atomic E-state index is 13.6. The van der Waals surface area contributed by atoms with Crippen molar-refractivity contribution in [1.29, 1.82) is 0 Å². The highest BCUT2D eigenvalue weighted by atomic mass is 35.5. The predicted octanol–water partition coefficient (Wildman–Crippen LogP) is 4.36. The third-order valence-corrected chi connectivity index (χ3v) is 4.32. The molecule has 1 heterocycles. The number of benzene rings is 2. The van der Waals surface area contributed by atoms with Gasteiger partial charge in [-0.3, -0.25) is 14.6 Å². The second kappa shape index (κ2) is 8.63. The van der Waals surface area contributed by atoms with E-state index in [0.29, 0.717) is 16.3 Å². The summed E-state index contributed by atoms with van der Waals surface area (Å²) < 4.78 is 13.6. The number of nitrogens with one attached hydrogen (secondary N) is 2. The van der Waals surface area contributed by atoms with Crippen LogP contribution in [0.2, 0.25) is 5.02 Å². The van der Waals surface area contributed by atoms with Gasteiger partial charge in [0.2, 0.25) is 0 Å². The Hall–Kier alpha value is -3.25. The van der Waals surface area contributed by atoms with Crippen molar-refractivity contribution in [3.8, 4) is 0 Å². The minimum absolute atomic E-state index is 0.0214. The summed E-state index contributed by atoms with van der Waals surface area (Å²) in [6.45, 7) is 1.85. The van der Waals surface area contributed by atoms with Gasteiger partial charge in [-0.2, -0.15) is 0 Å². The van der Waals surface area contributed by atoms with Gasteiger partial charge in [-0.25, -0.2) is 4.39 Å². The van der Waals surface area contributed by atoms with Crippen LogP contribution in [-0.4, -0.2) is 16.8 Å². The van der Waals surface area contributed by atoms with E-state index in [0.717, 1.165) is 5.56 Å². The molecule has 5 nitrogen and oxygen atoms in total. The number of amides is 2. The van der Waals surface area contributed by atoms with Gasteiger partial charge in [0.15, 0.2) is 0 Å². The third-order valence-electron chi connectivity index (χ3n) is 4.09. The lowest BCUT2D eigenvalue weighted by Gasteiger charge is -2.10. The van der Waals surface area contributed by atoms with Crippen molar-refractivity contribution in [3.05, 3.63) is 94.0 Å². The molecule has 1 aromatic heterocycles. The number of aromatic nitrogens is 1. The molecule has 3 rings (SSSR count). The monoisotopic (exact) mass is 397 g/mol. The van der Waals surface area contributed by atoms with Gasteiger partial charge in [-0.05, 0) is 48.9 Å². The second-order valence-electron chi connectivity index (χ2n) is 6.12. The Kier molecular flexibility index (Phi) is 6.01. The molecule has 0 radical (unpaired) electrons. The molecule has 0 fully saturated rings. The van der Waals surface area contributed by atoms with E-state index in [4.69, 9.17) is 11.6 Å². The molecule has 2 aromatic carbocycles. The number of halogens is 2. The zero-order chi connectivity index (χ0) is 20.1.